The number of aliphatic imine (C=N–C) groups is 2. The lowest BCUT2D eigenvalue weighted by Gasteiger charge is -2.10. The number of hydrogen-bond acceptors (Lipinski definition) is 8. The van der Waals surface area contributed by atoms with Crippen LogP contribution < -0.4 is 18.9 Å². The second kappa shape index (κ2) is 31.9. The summed E-state index contributed by atoms with van der Waals surface area (Å²) in [6.45, 7) is 5.77. The van der Waals surface area contributed by atoms with Crippen LogP contribution >= 0.6 is 34.8 Å². The molecule has 0 unspecified atom stereocenters. The van der Waals surface area contributed by atoms with Crippen molar-refractivity contribution in [2.45, 2.75) is 142 Å². The molecule has 0 radical (unpaired) electrons. The van der Waals surface area contributed by atoms with Gasteiger partial charge in [-0.05, 0) is 96.8 Å². The monoisotopic (exact) mass is 994 g/mol. The standard InChI is InChI=1S/C58H69Cl3N2O6/c1-3-5-7-9-11-13-15-17-19-21-37-66-54-35-31-48(39-52(54)60)62-42-44-23-27-46(28-24-44)57(64)68-50-33-34-51(59)56(41-50)69-58(65)47-29-25-45(26-30-47)43-63-49-32-36-55(53(61)40-49)67-38-22-20-18-16-14-12-10-8-6-4-2/h23-36,39-43H,3-22,37-38H2,1-2H3. The summed E-state index contributed by atoms with van der Waals surface area (Å²) in [7, 11) is 0. The molecule has 5 aromatic carbocycles. The molecule has 0 saturated carbocycles. The zero-order valence-corrected chi connectivity index (χ0v) is 42.8. The Balaban J connectivity index is 1.02. The van der Waals surface area contributed by atoms with Crippen molar-refractivity contribution in [3.05, 3.63) is 140 Å². The van der Waals surface area contributed by atoms with E-state index in [2.05, 4.69) is 23.8 Å². The molecule has 0 spiro atoms. The Bertz CT molecular complexity index is 2370. The molecule has 0 atom stereocenters. The highest BCUT2D eigenvalue weighted by molar-refractivity contribution is 6.33. The molecule has 0 saturated heterocycles. The van der Waals surface area contributed by atoms with Crippen molar-refractivity contribution in [1.29, 1.82) is 0 Å². The van der Waals surface area contributed by atoms with Crippen LogP contribution in [0.15, 0.2) is 113 Å². The summed E-state index contributed by atoms with van der Waals surface area (Å²) in [5.74, 6) is 0.277. The Kier molecular flexibility index (Phi) is 25.3. The molecule has 5 aromatic rings. The zero-order valence-electron chi connectivity index (χ0n) is 40.5. The van der Waals surface area contributed by atoms with Crippen LogP contribution in [0, 0.1) is 0 Å². The first-order valence-corrected chi connectivity index (χ1v) is 26.2. The largest absolute Gasteiger partial charge is 0.492 e. The number of esters is 2. The molecule has 5 rings (SSSR count). The van der Waals surface area contributed by atoms with Gasteiger partial charge in [-0.1, -0.05) is 188 Å². The smallest absolute Gasteiger partial charge is 0.343 e. The predicted octanol–water partition coefficient (Wildman–Crippen LogP) is 18.2. The first kappa shape index (κ1) is 54.8. The van der Waals surface area contributed by atoms with Gasteiger partial charge in [0.2, 0.25) is 0 Å². The highest BCUT2D eigenvalue weighted by Crippen LogP contribution is 2.32. The number of carbonyl (C=O) groups is 2. The molecule has 0 amide bonds. The minimum Gasteiger partial charge on any atom is -0.492 e. The molecule has 8 nitrogen and oxygen atoms in total. The summed E-state index contributed by atoms with van der Waals surface area (Å²) < 4.78 is 23.1. The molecule has 0 aliphatic rings. The van der Waals surface area contributed by atoms with Gasteiger partial charge < -0.3 is 18.9 Å². The molecule has 0 N–H and O–H groups in total. The van der Waals surface area contributed by atoms with Crippen molar-refractivity contribution in [3.63, 3.8) is 0 Å². The van der Waals surface area contributed by atoms with E-state index in [4.69, 9.17) is 53.8 Å². The third-order valence-electron chi connectivity index (χ3n) is 11.7. The first-order valence-electron chi connectivity index (χ1n) is 25.1. The van der Waals surface area contributed by atoms with E-state index in [1.54, 1.807) is 73.1 Å². The molecule has 0 bridgehead atoms. The van der Waals surface area contributed by atoms with Crippen molar-refractivity contribution >= 4 is 70.5 Å². The maximum absolute atomic E-state index is 13.1. The van der Waals surface area contributed by atoms with E-state index in [0.29, 0.717) is 57.3 Å². The zero-order chi connectivity index (χ0) is 48.9. The van der Waals surface area contributed by atoms with E-state index >= 15 is 0 Å². The fraction of sp³-hybridized carbons (Fsp3) is 0.414. The number of ether oxygens (including phenoxy) is 4. The van der Waals surface area contributed by atoms with Gasteiger partial charge in [0.1, 0.15) is 17.2 Å². The maximum Gasteiger partial charge on any atom is 0.343 e. The number of halogens is 3. The Labute approximate surface area is 425 Å². The van der Waals surface area contributed by atoms with Gasteiger partial charge in [0.15, 0.2) is 5.75 Å². The van der Waals surface area contributed by atoms with Crippen molar-refractivity contribution in [3.8, 4) is 23.0 Å². The highest BCUT2D eigenvalue weighted by Gasteiger charge is 2.15. The quantitative estimate of drug-likeness (QED) is 0.0184. The van der Waals surface area contributed by atoms with Crippen LogP contribution in [0.3, 0.4) is 0 Å². The Morgan fingerprint density at radius 3 is 1.22 bits per heavy atom. The van der Waals surface area contributed by atoms with Gasteiger partial charge in [-0.3, -0.25) is 9.98 Å². The Hall–Kier alpha value is -5.15. The number of nitrogens with zero attached hydrogens (tertiary/aromatic N) is 2. The van der Waals surface area contributed by atoms with Crippen LogP contribution in [-0.2, 0) is 0 Å². The van der Waals surface area contributed by atoms with Crippen LogP contribution in [0.25, 0.3) is 0 Å². The summed E-state index contributed by atoms with van der Waals surface area (Å²) in [5.41, 5.74) is 3.52. The van der Waals surface area contributed by atoms with Crippen LogP contribution in [0.2, 0.25) is 15.1 Å². The van der Waals surface area contributed by atoms with E-state index in [-0.39, 0.29) is 16.5 Å². The van der Waals surface area contributed by atoms with Crippen molar-refractivity contribution in [2.75, 3.05) is 13.2 Å². The second-order valence-corrected chi connectivity index (χ2v) is 18.6. The summed E-state index contributed by atoms with van der Waals surface area (Å²) in [4.78, 5) is 35.3. The summed E-state index contributed by atoms with van der Waals surface area (Å²) >= 11 is 19.4. The minimum atomic E-state index is -0.632. The van der Waals surface area contributed by atoms with Crippen LogP contribution in [0.4, 0.5) is 11.4 Å². The van der Waals surface area contributed by atoms with Crippen LogP contribution in [0.1, 0.15) is 174 Å². The molecule has 0 aliphatic heterocycles. The van der Waals surface area contributed by atoms with Gasteiger partial charge in [-0.25, -0.2) is 9.59 Å². The van der Waals surface area contributed by atoms with Crippen molar-refractivity contribution in [2.24, 2.45) is 9.98 Å². The normalized spacial score (nSPS) is 11.4. The number of benzene rings is 5. The van der Waals surface area contributed by atoms with E-state index in [1.807, 2.05) is 24.3 Å². The van der Waals surface area contributed by atoms with Crippen molar-refractivity contribution in [1.82, 2.24) is 0 Å². The van der Waals surface area contributed by atoms with E-state index < -0.39 is 11.9 Å². The van der Waals surface area contributed by atoms with Gasteiger partial charge in [0.05, 0.1) is 50.8 Å². The summed E-state index contributed by atoms with van der Waals surface area (Å²) in [5, 5.41) is 1.19. The lowest BCUT2D eigenvalue weighted by Crippen LogP contribution is -2.10. The molecule has 11 heteroatoms. The van der Waals surface area contributed by atoms with Crippen LogP contribution in [-0.4, -0.2) is 37.6 Å². The molecule has 368 valence electrons. The third-order valence-corrected chi connectivity index (χ3v) is 12.6. The number of carbonyl (C=O) groups excluding carboxylic acids is 2. The fourth-order valence-corrected chi connectivity index (χ4v) is 8.19. The SMILES string of the molecule is CCCCCCCCCCCCOc1ccc(N=Cc2ccc(C(=O)Oc3ccc(Cl)c(OC(=O)c4ccc(C=Nc5ccc(OCCCCCCCCCCCC)c(Cl)c5)cc4)c3)cc2)cc1Cl. The first-order chi connectivity index (χ1) is 33.7. The lowest BCUT2D eigenvalue weighted by molar-refractivity contribution is 0.0732. The Morgan fingerprint density at radius 2 is 0.812 bits per heavy atom. The molecule has 69 heavy (non-hydrogen) atoms. The third kappa shape index (κ3) is 20.8. The number of rotatable bonds is 32. The number of unbranched alkanes of at least 4 members (excludes halogenated alkanes) is 18. The topological polar surface area (TPSA) is 95.8 Å². The average Bonchev–Trinajstić information content (AvgIpc) is 3.36. The molecular weight excluding hydrogens is 927 g/mol. The van der Waals surface area contributed by atoms with E-state index in [9.17, 15) is 9.59 Å². The summed E-state index contributed by atoms with van der Waals surface area (Å²) in [6.07, 6.45) is 28.8. The summed E-state index contributed by atoms with van der Waals surface area (Å²) in [6, 6.07) is 29.0. The lowest BCUT2D eigenvalue weighted by atomic mass is 10.1. The van der Waals surface area contributed by atoms with Crippen LogP contribution in [0.5, 0.6) is 23.0 Å². The van der Waals surface area contributed by atoms with Gasteiger partial charge in [-0.15, -0.1) is 0 Å². The van der Waals surface area contributed by atoms with E-state index in [1.165, 1.54) is 121 Å². The maximum atomic E-state index is 13.1. The molecule has 0 aromatic heterocycles. The highest BCUT2D eigenvalue weighted by atomic mass is 35.5. The molecule has 0 fully saturated rings. The van der Waals surface area contributed by atoms with Gasteiger partial charge in [0.25, 0.3) is 0 Å². The van der Waals surface area contributed by atoms with Gasteiger partial charge >= 0.3 is 11.9 Å². The Morgan fingerprint density at radius 1 is 0.420 bits per heavy atom. The fourth-order valence-electron chi connectivity index (χ4n) is 7.58. The number of hydrogen-bond donors (Lipinski definition) is 0. The minimum absolute atomic E-state index is 0.0470. The predicted molar refractivity (Wildman–Crippen MR) is 286 cm³/mol. The van der Waals surface area contributed by atoms with E-state index in [0.717, 1.165) is 36.8 Å². The van der Waals surface area contributed by atoms with Gasteiger partial charge in [0, 0.05) is 18.5 Å². The van der Waals surface area contributed by atoms with Crippen molar-refractivity contribution < 1.29 is 28.5 Å². The molecule has 0 heterocycles. The molecular formula is C58H69Cl3N2O6. The average molecular weight is 997 g/mol. The van der Waals surface area contributed by atoms with Gasteiger partial charge in [-0.2, -0.15) is 0 Å². The molecule has 0 aliphatic carbocycles. The second-order valence-electron chi connectivity index (χ2n) is 17.4.